The summed E-state index contributed by atoms with van der Waals surface area (Å²) in [6, 6.07) is 15.5. The van der Waals surface area contributed by atoms with Crippen LogP contribution in [0, 0.1) is 0 Å². The van der Waals surface area contributed by atoms with Gasteiger partial charge in [-0.05, 0) is 29.7 Å². The van der Waals surface area contributed by atoms with Gasteiger partial charge in [0.05, 0.1) is 25.9 Å². The number of methoxy groups -OCH3 is 2. The van der Waals surface area contributed by atoms with Gasteiger partial charge in [-0.15, -0.1) is 0 Å². The molecular formula is C30H33F3N2O5. The fourth-order valence-electron chi connectivity index (χ4n) is 4.51. The fraction of sp³-hybridized carbons (Fsp3) is 0.367. The van der Waals surface area contributed by atoms with E-state index in [4.69, 9.17) is 24.1 Å². The summed E-state index contributed by atoms with van der Waals surface area (Å²) in [6.07, 6.45) is -5.73. The number of ether oxygens (including phenoxy) is 4. The molecule has 10 heteroatoms. The summed E-state index contributed by atoms with van der Waals surface area (Å²) >= 11 is 0. The third-order valence-electron chi connectivity index (χ3n) is 6.51. The zero-order valence-corrected chi connectivity index (χ0v) is 22.8. The Morgan fingerprint density at radius 1 is 0.950 bits per heavy atom. The van der Waals surface area contributed by atoms with Gasteiger partial charge in [0, 0.05) is 24.7 Å². The Morgan fingerprint density at radius 3 is 2.25 bits per heavy atom. The second-order valence-corrected chi connectivity index (χ2v) is 9.53. The van der Waals surface area contributed by atoms with Gasteiger partial charge in [-0.2, -0.15) is 13.2 Å². The second kappa shape index (κ2) is 12.6. The second-order valence-electron chi connectivity index (χ2n) is 9.53. The number of para-hydroxylation sites is 2. The topological polar surface area (TPSA) is 85.8 Å². The summed E-state index contributed by atoms with van der Waals surface area (Å²) in [5.74, 6) is 1.34. The van der Waals surface area contributed by atoms with Gasteiger partial charge in [0.25, 0.3) is 0 Å². The zero-order chi connectivity index (χ0) is 28.9. The van der Waals surface area contributed by atoms with Crippen molar-refractivity contribution >= 4 is 11.0 Å². The van der Waals surface area contributed by atoms with E-state index in [1.807, 2.05) is 24.3 Å². The number of benzene rings is 3. The lowest BCUT2D eigenvalue weighted by atomic mass is 9.97. The van der Waals surface area contributed by atoms with E-state index in [0.29, 0.717) is 23.1 Å². The number of H-pyrrole nitrogens is 1. The first-order valence-electron chi connectivity index (χ1n) is 12.9. The number of aliphatic hydroxyl groups is 1. The van der Waals surface area contributed by atoms with E-state index < -0.39 is 17.8 Å². The van der Waals surface area contributed by atoms with Crippen LogP contribution in [-0.4, -0.2) is 49.1 Å². The van der Waals surface area contributed by atoms with Crippen molar-refractivity contribution in [3.8, 4) is 28.6 Å². The van der Waals surface area contributed by atoms with E-state index in [2.05, 4.69) is 23.8 Å². The van der Waals surface area contributed by atoms with E-state index >= 15 is 0 Å². The molecule has 3 aromatic carbocycles. The quantitative estimate of drug-likeness (QED) is 0.197. The van der Waals surface area contributed by atoms with Crippen molar-refractivity contribution in [1.82, 2.24) is 9.97 Å². The van der Waals surface area contributed by atoms with Gasteiger partial charge in [0.1, 0.15) is 35.3 Å². The van der Waals surface area contributed by atoms with Gasteiger partial charge >= 0.3 is 6.18 Å². The maximum Gasteiger partial charge on any atom is 0.418 e. The van der Waals surface area contributed by atoms with Crippen molar-refractivity contribution in [1.29, 1.82) is 0 Å². The molecule has 4 aromatic rings. The molecule has 0 bridgehead atoms. The minimum absolute atomic E-state index is 0.00485. The summed E-state index contributed by atoms with van der Waals surface area (Å²) in [5.41, 5.74) is 0.578. The third kappa shape index (κ3) is 6.34. The van der Waals surface area contributed by atoms with E-state index in [9.17, 15) is 13.2 Å². The molecular weight excluding hydrogens is 525 g/mol. The minimum atomic E-state index is -4.75. The van der Waals surface area contributed by atoms with E-state index in [-0.39, 0.29) is 54.3 Å². The van der Waals surface area contributed by atoms with Crippen LogP contribution >= 0.6 is 0 Å². The molecule has 1 unspecified atom stereocenters. The molecule has 214 valence electrons. The zero-order valence-electron chi connectivity index (χ0n) is 22.8. The molecule has 0 aliphatic rings. The van der Waals surface area contributed by atoms with E-state index in [1.165, 1.54) is 20.3 Å². The lowest BCUT2D eigenvalue weighted by molar-refractivity contribution is -0.137. The van der Waals surface area contributed by atoms with Crippen LogP contribution in [0.4, 0.5) is 13.2 Å². The molecule has 1 atom stereocenters. The fourth-order valence-corrected chi connectivity index (χ4v) is 4.51. The molecule has 0 aliphatic carbocycles. The number of nitrogens with one attached hydrogen (secondary N) is 1. The van der Waals surface area contributed by atoms with E-state index in [0.717, 1.165) is 5.56 Å². The molecule has 4 rings (SSSR count). The maximum absolute atomic E-state index is 14.8. The Balaban J connectivity index is 1.88. The van der Waals surface area contributed by atoms with Crippen molar-refractivity contribution in [2.75, 3.05) is 34.0 Å². The number of rotatable bonds is 12. The summed E-state index contributed by atoms with van der Waals surface area (Å²) in [6.45, 7) is 4.05. The van der Waals surface area contributed by atoms with Gasteiger partial charge < -0.3 is 29.0 Å². The number of imidazole rings is 1. The number of aromatic amines is 1. The van der Waals surface area contributed by atoms with Crippen LogP contribution in [-0.2, 0) is 10.9 Å². The van der Waals surface area contributed by atoms with Crippen LogP contribution in [0.1, 0.15) is 49.0 Å². The molecule has 1 aromatic heterocycles. The maximum atomic E-state index is 14.8. The number of halogens is 3. The molecule has 0 amide bonds. The van der Waals surface area contributed by atoms with Crippen molar-refractivity contribution in [2.45, 2.75) is 38.5 Å². The van der Waals surface area contributed by atoms with Crippen molar-refractivity contribution in [2.24, 2.45) is 0 Å². The highest BCUT2D eigenvalue weighted by Gasteiger charge is 2.40. The predicted molar refractivity (Wildman–Crippen MR) is 146 cm³/mol. The van der Waals surface area contributed by atoms with Crippen molar-refractivity contribution in [3.63, 3.8) is 0 Å². The molecule has 0 fully saturated rings. The number of aliphatic hydroxyl groups excluding tert-OH is 1. The van der Waals surface area contributed by atoms with Crippen LogP contribution < -0.4 is 14.2 Å². The Bertz CT molecular complexity index is 1420. The normalized spacial score (nSPS) is 12.6. The van der Waals surface area contributed by atoms with Crippen LogP contribution in [0.25, 0.3) is 22.4 Å². The highest BCUT2D eigenvalue weighted by molar-refractivity contribution is 5.89. The molecule has 2 N–H and O–H groups in total. The highest BCUT2D eigenvalue weighted by atomic mass is 19.4. The minimum Gasteiger partial charge on any atom is -0.494 e. The standard InChI is InChI=1S/C30H33F3N2O5/c1-18(2)19-9-11-20(12-10-19)29-34-27-25(38-4)17-21(26(28(27)35-29)30(31,32)33)22(13-15-37-3)40-24-8-6-5-7-23(24)39-16-14-36/h5-12,17-18,22,36H,13-16H2,1-4H3,(H,34,35). The molecule has 0 radical (unpaired) electrons. The summed E-state index contributed by atoms with van der Waals surface area (Å²) < 4.78 is 66.9. The number of alkyl halides is 3. The average Bonchev–Trinajstić information content (AvgIpc) is 3.38. The monoisotopic (exact) mass is 558 g/mol. The van der Waals surface area contributed by atoms with Gasteiger partial charge in [0.15, 0.2) is 11.5 Å². The first-order valence-corrected chi connectivity index (χ1v) is 12.9. The third-order valence-corrected chi connectivity index (χ3v) is 6.51. The van der Waals surface area contributed by atoms with Gasteiger partial charge in [-0.1, -0.05) is 50.2 Å². The van der Waals surface area contributed by atoms with Gasteiger partial charge in [0.2, 0.25) is 0 Å². The number of nitrogens with zero attached hydrogens (tertiary/aromatic N) is 1. The molecule has 0 saturated heterocycles. The molecule has 7 nitrogen and oxygen atoms in total. The number of hydrogen-bond donors (Lipinski definition) is 2. The average molecular weight is 559 g/mol. The summed E-state index contributed by atoms with van der Waals surface area (Å²) in [4.78, 5) is 7.46. The Kier molecular flexibility index (Phi) is 9.21. The first-order chi connectivity index (χ1) is 19.2. The molecule has 0 saturated carbocycles. The summed E-state index contributed by atoms with van der Waals surface area (Å²) in [5, 5.41) is 9.17. The predicted octanol–water partition coefficient (Wildman–Crippen LogP) is 6.91. The largest absolute Gasteiger partial charge is 0.494 e. The Hall–Kier alpha value is -3.76. The Morgan fingerprint density at radius 2 is 1.65 bits per heavy atom. The molecule has 1 heterocycles. The lowest BCUT2D eigenvalue weighted by Crippen LogP contribution is -2.18. The first kappa shape index (κ1) is 29.2. The number of hydrogen-bond acceptors (Lipinski definition) is 6. The number of fused-ring (bicyclic) bond motifs is 1. The van der Waals surface area contributed by atoms with Gasteiger partial charge in [-0.3, -0.25) is 0 Å². The molecule has 0 aliphatic heterocycles. The SMILES string of the molecule is COCCC(Oc1ccccc1OCCO)c1cc(OC)c2[nH]c(-c3ccc(C(C)C)cc3)nc2c1C(F)(F)F. The highest BCUT2D eigenvalue weighted by Crippen LogP contribution is 2.45. The van der Waals surface area contributed by atoms with E-state index in [1.54, 1.807) is 24.3 Å². The molecule has 40 heavy (non-hydrogen) atoms. The van der Waals surface area contributed by atoms with Crippen LogP contribution in [0.2, 0.25) is 0 Å². The Labute approximate surface area is 230 Å². The van der Waals surface area contributed by atoms with Crippen molar-refractivity contribution < 1.29 is 37.2 Å². The molecule has 0 spiro atoms. The summed E-state index contributed by atoms with van der Waals surface area (Å²) in [7, 11) is 2.86. The lowest BCUT2D eigenvalue weighted by Gasteiger charge is -2.25. The van der Waals surface area contributed by atoms with Crippen LogP contribution in [0.3, 0.4) is 0 Å². The smallest absolute Gasteiger partial charge is 0.418 e. The van der Waals surface area contributed by atoms with Crippen molar-refractivity contribution in [3.05, 3.63) is 71.3 Å². The number of aromatic nitrogens is 2. The van der Waals surface area contributed by atoms with Gasteiger partial charge in [-0.25, -0.2) is 4.98 Å². The van der Waals surface area contributed by atoms with Crippen LogP contribution in [0.15, 0.2) is 54.6 Å². The van der Waals surface area contributed by atoms with Crippen LogP contribution in [0.5, 0.6) is 17.2 Å².